The minimum Gasteiger partial charge on any atom is -0.468 e. The third kappa shape index (κ3) is 3.89. The van der Waals surface area contributed by atoms with Gasteiger partial charge in [-0.2, -0.15) is 0 Å². The van der Waals surface area contributed by atoms with Crippen LogP contribution in [0.2, 0.25) is 0 Å². The number of hydrogen-bond donors (Lipinski definition) is 0. The van der Waals surface area contributed by atoms with Gasteiger partial charge in [-0.15, -0.1) is 11.8 Å². The molecule has 0 N–H and O–H groups in total. The van der Waals surface area contributed by atoms with Crippen LogP contribution in [0.15, 0.2) is 33.5 Å². The Labute approximate surface area is 148 Å². The highest BCUT2D eigenvalue weighted by atomic mass is 32.2. The van der Waals surface area contributed by atoms with Gasteiger partial charge in [0.1, 0.15) is 5.25 Å². The molecule has 7 nitrogen and oxygen atoms in total. The second-order valence-corrected chi connectivity index (χ2v) is 7.12. The highest BCUT2D eigenvalue weighted by Crippen LogP contribution is 2.20. The molecule has 0 spiro atoms. The Kier molecular flexibility index (Phi) is 5.47. The van der Waals surface area contributed by atoms with Gasteiger partial charge in [0.05, 0.1) is 12.6 Å². The Morgan fingerprint density at radius 3 is 2.96 bits per heavy atom. The van der Waals surface area contributed by atoms with E-state index in [9.17, 15) is 14.4 Å². The Balaban J connectivity index is 1.56. The van der Waals surface area contributed by atoms with Gasteiger partial charge in [-0.05, 0) is 18.6 Å². The van der Waals surface area contributed by atoms with Gasteiger partial charge in [0.15, 0.2) is 5.58 Å². The minimum absolute atomic E-state index is 0.00458. The molecular weight excluding hydrogens is 344 g/mol. The number of aromatic nitrogens is 1. The van der Waals surface area contributed by atoms with E-state index in [1.54, 1.807) is 15.5 Å². The van der Waals surface area contributed by atoms with Crippen LogP contribution < -0.4 is 5.76 Å². The molecule has 3 rings (SSSR count). The van der Waals surface area contributed by atoms with E-state index in [0.717, 1.165) is 11.3 Å². The molecule has 8 heteroatoms. The van der Waals surface area contributed by atoms with Gasteiger partial charge in [-0.1, -0.05) is 12.1 Å². The number of amides is 1. The van der Waals surface area contributed by atoms with Crippen molar-refractivity contribution in [3.05, 3.63) is 34.8 Å². The van der Waals surface area contributed by atoms with E-state index >= 15 is 0 Å². The predicted octanol–water partition coefficient (Wildman–Crippen LogP) is 1.49. The molecule has 0 radical (unpaired) electrons. The summed E-state index contributed by atoms with van der Waals surface area (Å²) in [6.07, 6.45) is 0.860. The zero-order chi connectivity index (χ0) is 17.8. The Morgan fingerprint density at radius 1 is 1.36 bits per heavy atom. The van der Waals surface area contributed by atoms with Crippen LogP contribution in [0.25, 0.3) is 11.1 Å². The lowest BCUT2D eigenvalue weighted by Crippen LogP contribution is -2.44. The van der Waals surface area contributed by atoms with Crippen LogP contribution >= 0.6 is 11.8 Å². The van der Waals surface area contributed by atoms with Crippen LogP contribution in [0.3, 0.4) is 0 Å². The first kappa shape index (κ1) is 17.6. The monoisotopic (exact) mass is 364 g/mol. The average molecular weight is 364 g/mol. The summed E-state index contributed by atoms with van der Waals surface area (Å²) >= 11 is 1.52. The summed E-state index contributed by atoms with van der Waals surface area (Å²) in [5.41, 5.74) is 1.29. The largest absolute Gasteiger partial charge is 0.468 e. The molecule has 25 heavy (non-hydrogen) atoms. The van der Waals surface area contributed by atoms with Crippen LogP contribution in [-0.4, -0.2) is 52.5 Å². The number of para-hydroxylation sites is 2. The number of thioether (sulfide) groups is 1. The fourth-order valence-corrected chi connectivity index (χ4v) is 4.05. The number of aryl methyl sites for hydroxylation is 1. The molecule has 1 saturated heterocycles. The van der Waals surface area contributed by atoms with Gasteiger partial charge in [0.25, 0.3) is 0 Å². The predicted molar refractivity (Wildman–Crippen MR) is 94.6 cm³/mol. The van der Waals surface area contributed by atoms with Gasteiger partial charge in [0, 0.05) is 31.8 Å². The number of ether oxygens (including phenoxy) is 1. The maximum atomic E-state index is 12.4. The Morgan fingerprint density at radius 2 is 2.16 bits per heavy atom. The lowest BCUT2D eigenvalue weighted by atomic mass is 10.2. The number of carbonyl (C=O) groups excluding carboxylic acids is 2. The second-order valence-electron chi connectivity index (χ2n) is 5.81. The smallest absolute Gasteiger partial charge is 0.419 e. The molecule has 1 amide bonds. The number of carbonyl (C=O) groups is 2. The van der Waals surface area contributed by atoms with Crippen molar-refractivity contribution in [3.63, 3.8) is 0 Å². The van der Waals surface area contributed by atoms with Crippen molar-refractivity contribution in [2.24, 2.45) is 0 Å². The highest BCUT2D eigenvalue weighted by Gasteiger charge is 2.29. The minimum atomic E-state index is -0.409. The molecule has 2 aromatic rings. The van der Waals surface area contributed by atoms with Gasteiger partial charge < -0.3 is 14.1 Å². The molecule has 0 bridgehead atoms. The second kappa shape index (κ2) is 7.77. The van der Waals surface area contributed by atoms with Crippen molar-refractivity contribution in [2.45, 2.75) is 24.6 Å². The standard InChI is InChI=1S/C17H20N2O5S/c1-23-16(21)14-11-18(9-10-25-14)15(20)7-4-8-19-12-5-2-3-6-13(12)24-17(19)22/h2-3,5-6,14H,4,7-11H2,1H3/t14-/m1/s1. The summed E-state index contributed by atoms with van der Waals surface area (Å²) in [4.78, 5) is 37.6. The van der Waals surface area contributed by atoms with Gasteiger partial charge in [-0.25, -0.2) is 4.79 Å². The SMILES string of the molecule is COC(=O)[C@H]1CN(C(=O)CCCn2c(=O)oc3ccccc32)CCS1. The number of hydrogen-bond acceptors (Lipinski definition) is 6. The molecule has 0 unspecified atom stereocenters. The lowest BCUT2D eigenvalue weighted by Gasteiger charge is -2.31. The topological polar surface area (TPSA) is 81.8 Å². The van der Waals surface area contributed by atoms with Crippen molar-refractivity contribution in [2.75, 3.05) is 26.0 Å². The number of esters is 1. The maximum absolute atomic E-state index is 12.4. The van der Waals surface area contributed by atoms with Crippen molar-refractivity contribution in [1.29, 1.82) is 0 Å². The average Bonchev–Trinajstić information content (AvgIpc) is 2.96. The number of nitrogens with zero attached hydrogens (tertiary/aromatic N) is 2. The highest BCUT2D eigenvalue weighted by molar-refractivity contribution is 8.00. The third-order valence-corrected chi connectivity index (χ3v) is 5.39. The lowest BCUT2D eigenvalue weighted by molar-refractivity contribution is -0.141. The van der Waals surface area contributed by atoms with Crippen molar-refractivity contribution in [3.8, 4) is 0 Å². The molecule has 1 atom stereocenters. The Hall–Kier alpha value is -2.22. The molecule has 1 aliphatic heterocycles. The molecule has 1 aromatic heterocycles. The maximum Gasteiger partial charge on any atom is 0.419 e. The summed E-state index contributed by atoms with van der Waals surface area (Å²) in [5.74, 6) is 0.0138. The van der Waals surface area contributed by atoms with E-state index in [1.807, 2.05) is 18.2 Å². The van der Waals surface area contributed by atoms with Gasteiger partial charge in [0.2, 0.25) is 5.91 Å². The fourth-order valence-electron chi connectivity index (χ4n) is 2.92. The first-order valence-corrected chi connectivity index (χ1v) is 9.20. The third-order valence-electron chi connectivity index (χ3n) is 4.23. The molecule has 1 aliphatic rings. The number of benzene rings is 1. The molecular formula is C17H20N2O5S. The molecule has 134 valence electrons. The van der Waals surface area contributed by atoms with Crippen molar-refractivity contribution in [1.82, 2.24) is 9.47 Å². The van der Waals surface area contributed by atoms with E-state index < -0.39 is 5.76 Å². The van der Waals surface area contributed by atoms with Gasteiger partial charge >= 0.3 is 11.7 Å². The van der Waals surface area contributed by atoms with Gasteiger partial charge in [-0.3, -0.25) is 14.2 Å². The first-order valence-electron chi connectivity index (χ1n) is 8.15. The number of rotatable bonds is 5. The first-order chi connectivity index (χ1) is 12.1. The van der Waals surface area contributed by atoms with Crippen LogP contribution in [0.1, 0.15) is 12.8 Å². The van der Waals surface area contributed by atoms with Crippen molar-refractivity contribution >= 4 is 34.7 Å². The van der Waals surface area contributed by atoms with E-state index in [-0.39, 0.29) is 17.1 Å². The van der Waals surface area contributed by atoms with Crippen LogP contribution in [0.5, 0.6) is 0 Å². The summed E-state index contributed by atoms with van der Waals surface area (Å²) in [6, 6.07) is 7.23. The van der Waals surface area contributed by atoms with E-state index in [0.29, 0.717) is 38.1 Å². The molecule has 0 aliphatic carbocycles. The molecule has 1 fully saturated rings. The molecule has 1 aromatic carbocycles. The van der Waals surface area contributed by atoms with E-state index in [1.165, 1.54) is 18.9 Å². The summed E-state index contributed by atoms with van der Waals surface area (Å²) < 4.78 is 11.5. The van der Waals surface area contributed by atoms with Crippen LogP contribution in [-0.2, 0) is 20.9 Å². The molecule has 2 heterocycles. The zero-order valence-electron chi connectivity index (χ0n) is 14.0. The normalized spacial score (nSPS) is 17.6. The quantitative estimate of drug-likeness (QED) is 0.748. The number of methoxy groups -OCH3 is 1. The zero-order valence-corrected chi connectivity index (χ0v) is 14.8. The fraction of sp³-hybridized carbons (Fsp3) is 0.471. The van der Waals surface area contributed by atoms with E-state index in [4.69, 9.17) is 9.15 Å². The number of fused-ring (bicyclic) bond motifs is 1. The van der Waals surface area contributed by atoms with Crippen molar-refractivity contribution < 1.29 is 18.7 Å². The summed E-state index contributed by atoms with van der Waals surface area (Å²) in [6.45, 7) is 1.43. The Bertz CT molecular complexity index is 828. The van der Waals surface area contributed by atoms with E-state index in [2.05, 4.69) is 0 Å². The molecule has 0 saturated carbocycles. The summed E-state index contributed by atoms with van der Waals surface area (Å²) in [5, 5.41) is -0.317. The summed E-state index contributed by atoms with van der Waals surface area (Å²) in [7, 11) is 1.36. The number of oxazole rings is 1. The van der Waals surface area contributed by atoms with Crippen LogP contribution in [0.4, 0.5) is 0 Å². The van der Waals surface area contributed by atoms with Crippen LogP contribution in [0, 0.1) is 0 Å².